The molecule has 0 radical (unpaired) electrons. The molecule has 0 bridgehead atoms. The second-order valence-corrected chi connectivity index (χ2v) is 6.73. The largest absolute Gasteiger partial charge is 0.486 e. The summed E-state index contributed by atoms with van der Waals surface area (Å²) in [5.41, 5.74) is 2.81. The van der Waals surface area contributed by atoms with Gasteiger partial charge in [0, 0.05) is 11.4 Å². The lowest BCUT2D eigenvalue weighted by Gasteiger charge is -2.20. The lowest BCUT2D eigenvalue weighted by Crippen LogP contribution is -2.17. The molecule has 0 unspecified atom stereocenters. The molecule has 1 N–H and O–H groups in total. The number of fused-ring (bicyclic) bond motifs is 1. The molecule has 0 fully saturated rings. The van der Waals surface area contributed by atoms with Crippen LogP contribution < -0.4 is 14.8 Å². The summed E-state index contributed by atoms with van der Waals surface area (Å²) in [6, 6.07) is 11.4. The first kappa shape index (κ1) is 17.0. The van der Waals surface area contributed by atoms with E-state index in [1.807, 2.05) is 30.3 Å². The van der Waals surface area contributed by atoms with E-state index in [4.69, 9.17) is 21.1 Å². The predicted molar refractivity (Wildman–Crippen MR) is 98.4 cm³/mol. The van der Waals surface area contributed by atoms with Gasteiger partial charge in [-0.2, -0.15) is 11.8 Å². The Morgan fingerprint density at radius 3 is 2.67 bits per heavy atom. The fourth-order valence-electron chi connectivity index (χ4n) is 2.51. The molecule has 1 aliphatic rings. The number of rotatable bonds is 5. The molecule has 2 aromatic carbocycles. The molecule has 0 spiro atoms. The van der Waals surface area contributed by atoms with Gasteiger partial charge in [0.25, 0.3) is 0 Å². The van der Waals surface area contributed by atoms with Crippen LogP contribution in [0.4, 0.5) is 5.69 Å². The topological polar surface area (TPSA) is 47.6 Å². The fourth-order valence-corrected chi connectivity index (χ4v) is 3.32. The van der Waals surface area contributed by atoms with Crippen molar-refractivity contribution in [2.24, 2.45) is 0 Å². The number of nitrogens with one attached hydrogen (secondary N) is 1. The lowest BCUT2D eigenvalue weighted by atomic mass is 10.1. The van der Waals surface area contributed by atoms with Crippen LogP contribution in [0.2, 0.25) is 5.02 Å². The predicted octanol–water partition coefficient (Wildman–Crippen LogP) is 4.16. The Balaban J connectivity index is 1.65. The Labute approximate surface area is 150 Å². The minimum atomic E-state index is -0.0969. The third-order valence-corrected chi connectivity index (χ3v) is 4.47. The number of ether oxygens (including phenoxy) is 2. The van der Waals surface area contributed by atoms with Gasteiger partial charge in [-0.3, -0.25) is 4.79 Å². The number of halogens is 1. The summed E-state index contributed by atoms with van der Waals surface area (Å²) in [5.74, 6) is 2.01. The van der Waals surface area contributed by atoms with Gasteiger partial charge in [-0.1, -0.05) is 23.7 Å². The standard InChI is InChI=1S/C18H18ClNO3S/c1-24-11-12-2-4-14(5-3-12)20-17(21)10-13-8-15(19)18-16(9-13)22-6-7-23-18/h2-5,8-9H,6-7,10-11H2,1H3,(H,20,21). The van der Waals surface area contributed by atoms with Gasteiger partial charge < -0.3 is 14.8 Å². The molecule has 24 heavy (non-hydrogen) atoms. The molecule has 3 rings (SSSR count). The van der Waals surface area contributed by atoms with Crippen LogP contribution in [0, 0.1) is 0 Å². The first-order valence-electron chi connectivity index (χ1n) is 7.61. The van der Waals surface area contributed by atoms with E-state index in [-0.39, 0.29) is 12.3 Å². The number of thioether (sulfide) groups is 1. The van der Waals surface area contributed by atoms with Crippen molar-refractivity contribution < 1.29 is 14.3 Å². The average Bonchev–Trinajstić information content (AvgIpc) is 2.57. The molecular weight excluding hydrogens is 346 g/mol. The summed E-state index contributed by atoms with van der Waals surface area (Å²) in [6.45, 7) is 0.973. The second kappa shape index (κ2) is 7.81. The maximum atomic E-state index is 12.2. The Hall–Kier alpha value is -1.85. The molecule has 0 saturated heterocycles. The summed E-state index contributed by atoms with van der Waals surface area (Å²) in [7, 11) is 0. The van der Waals surface area contributed by atoms with Crippen LogP contribution in [0.1, 0.15) is 11.1 Å². The van der Waals surface area contributed by atoms with Crippen molar-refractivity contribution >= 4 is 35.0 Å². The van der Waals surface area contributed by atoms with E-state index in [0.29, 0.717) is 29.7 Å². The Morgan fingerprint density at radius 1 is 1.17 bits per heavy atom. The second-order valence-electron chi connectivity index (χ2n) is 5.46. The minimum absolute atomic E-state index is 0.0969. The molecule has 6 heteroatoms. The van der Waals surface area contributed by atoms with E-state index >= 15 is 0 Å². The molecule has 4 nitrogen and oxygen atoms in total. The first-order chi connectivity index (χ1) is 11.7. The van der Waals surface area contributed by atoms with Gasteiger partial charge in [0.1, 0.15) is 13.2 Å². The highest BCUT2D eigenvalue weighted by molar-refractivity contribution is 7.97. The number of hydrogen-bond donors (Lipinski definition) is 1. The van der Waals surface area contributed by atoms with E-state index in [9.17, 15) is 4.79 Å². The Kier molecular flexibility index (Phi) is 5.53. The summed E-state index contributed by atoms with van der Waals surface area (Å²) in [6.07, 6.45) is 2.29. The zero-order valence-corrected chi connectivity index (χ0v) is 14.9. The van der Waals surface area contributed by atoms with Crippen LogP contribution in [0.25, 0.3) is 0 Å². The molecule has 1 amide bonds. The summed E-state index contributed by atoms with van der Waals surface area (Å²) in [4.78, 5) is 12.2. The average molecular weight is 364 g/mol. The van der Waals surface area contributed by atoms with Gasteiger partial charge in [-0.15, -0.1) is 0 Å². The molecular formula is C18H18ClNO3S. The zero-order valence-electron chi connectivity index (χ0n) is 13.3. The highest BCUT2D eigenvalue weighted by Crippen LogP contribution is 2.38. The Morgan fingerprint density at radius 2 is 1.92 bits per heavy atom. The lowest BCUT2D eigenvalue weighted by molar-refractivity contribution is -0.115. The van der Waals surface area contributed by atoms with Crippen molar-refractivity contribution in [3.05, 3.63) is 52.5 Å². The third kappa shape index (κ3) is 4.16. The monoisotopic (exact) mass is 363 g/mol. The normalized spacial score (nSPS) is 12.8. The minimum Gasteiger partial charge on any atom is -0.486 e. The van der Waals surface area contributed by atoms with Gasteiger partial charge in [-0.25, -0.2) is 0 Å². The number of carbonyl (C=O) groups is 1. The molecule has 0 saturated carbocycles. The number of anilines is 1. The summed E-state index contributed by atoms with van der Waals surface area (Å²) in [5, 5.41) is 3.37. The first-order valence-corrected chi connectivity index (χ1v) is 9.38. The number of carbonyl (C=O) groups excluding carboxylic acids is 1. The molecule has 2 aromatic rings. The van der Waals surface area contributed by atoms with Crippen LogP contribution in [-0.2, 0) is 17.0 Å². The van der Waals surface area contributed by atoms with E-state index in [1.165, 1.54) is 5.56 Å². The quantitative estimate of drug-likeness (QED) is 0.866. The van der Waals surface area contributed by atoms with Crippen molar-refractivity contribution in [1.29, 1.82) is 0 Å². The smallest absolute Gasteiger partial charge is 0.228 e. The van der Waals surface area contributed by atoms with Gasteiger partial charge in [0.15, 0.2) is 11.5 Å². The zero-order chi connectivity index (χ0) is 16.9. The van der Waals surface area contributed by atoms with E-state index in [0.717, 1.165) is 17.0 Å². The van der Waals surface area contributed by atoms with E-state index < -0.39 is 0 Å². The SMILES string of the molecule is CSCc1ccc(NC(=O)Cc2cc(Cl)c3c(c2)OCCO3)cc1. The molecule has 1 aliphatic heterocycles. The van der Waals surface area contributed by atoms with Gasteiger partial charge in [0.2, 0.25) is 5.91 Å². The maximum absolute atomic E-state index is 12.2. The summed E-state index contributed by atoms with van der Waals surface area (Å²) < 4.78 is 11.0. The fraction of sp³-hybridized carbons (Fsp3) is 0.278. The van der Waals surface area contributed by atoms with Crippen molar-refractivity contribution in [1.82, 2.24) is 0 Å². The van der Waals surface area contributed by atoms with Crippen molar-refractivity contribution in [2.75, 3.05) is 24.8 Å². The van der Waals surface area contributed by atoms with E-state index in [2.05, 4.69) is 11.6 Å². The van der Waals surface area contributed by atoms with Crippen LogP contribution >= 0.6 is 23.4 Å². The molecule has 0 aliphatic carbocycles. The molecule has 0 atom stereocenters. The van der Waals surface area contributed by atoms with Crippen LogP contribution in [-0.4, -0.2) is 25.4 Å². The van der Waals surface area contributed by atoms with Crippen molar-refractivity contribution in [3.8, 4) is 11.5 Å². The summed E-state index contributed by atoms with van der Waals surface area (Å²) >= 11 is 7.97. The maximum Gasteiger partial charge on any atom is 0.228 e. The highest BCUT2D eigenvalue weighted by atomic mass is 35.5. The molecule has 0 aromatic heterocycles. The highest BCUT2D eigenvalue weighted by Gasteiger charge is 2.17. The van der Waals surface area contributed by atoms with E-state index in [1.54, 1.807) is 17.8 Å². The van der Waals surface area contributed by atoms with Crippen LogP contribution in [0.15, 0.2) is 36.4 Å². The molecule has 126 valence electrons. The van der Waals surface area contributed by atoms with Gasteiger partial charge in [0.05, 0.1) is 11.4 Å². The Bertz CT molecular complexity index is 734. The van der Waals surface area contributed by atoms with Gasteiger partial charge >= 0.3 is 0 Å². The van der Waals surface area contributed by atoms with Crippen LogP contribution in [0.5, 0.6) is 11.5 Å². The number of hydrogen-bond acceptors (Lipinski definition) is 4. The van der Waals surface area contributed by atoms with Crippen molar-refractivity contribution in [3.63, 3.8) is 0 Å². The third-order valence-electron chi connectivity index (χ3n) is 3.57. The number of benzene rings is 2. The number of amides is 1. The molecule has 1 heterocycles. The van der Waals surface area contributed by atoms with Crippen molar-refractivity contribution in [2.45, 2.75) is 12.2 Å². The van der Waals surface area contributed by atoms with Gasteiger partial charge in [-0.05, 0) is 41.6 Å². The van der Waals surface area contributed by atoms with Crippen LogP contribution in [0.3, 0.4) is 0 Å².